The van der Waals surface area contributed by atoms with Gasteiger partial charge < -0.3 is 15.4 Å². The van der Waals surface area contributed by atoms with Gasteiger partial charge in [0, 0.05) is 16.8 Å². The minimum atomic E-state index is -0.235. The molecule has 0 heterocycles. The highest BCUT2D eigenvalue weighted by molar-refractivity contribution is 9.10. The standard InChI is InChI=1S/C26H27BrN2O3/c1-3-4-16-32-24-15-12-21(17-23(24)27)26(31)29-22-13-10-20(11-14-22)25(30)28-18(2)19-8-6-5-7-9-19/h5-15,17-18H,3-4,16H2,1-2H3,(H,28,30)(H,29,31). The first-order valence-electron chi connectivity index (χ1n) is 10.7. The smallest absolute Gasteiger partial charge is 0.255 e. The molecule has 0 bridgehead atoms. The van der Waals surface area contributed by atoms with Crippen LogP contribution in [-0.4, -0.2) is 18.4 Å². The summed E-state index contributed by atoms with van der Waals surface area (Å²) < 4.78 is 6.44. The number of ether oxygens (including phenoxy) is 1. The summed E-state index contributed by atoms with van der Waals surface area (Å²) in [6.07, 6.45) is 2.04. The number of amides is 2. The number of halogens is 1. The van der Waals surface area contributed by atoms with E-state index in [0.29, 0.717) is 23.4 Å². The normalized spacial score (nSPS) is 11.5. The van der Waals surface area contributed by atoms with Crippen LogP contribution in [0.4, 0.5) is 5.69 Å². The van der Waals surface area contributed by atoms with Crippen LogP contribution in [0.15, 0.2) is 77.3 Å². The lowest BCUT2D eigenvalue weighted by Crippen LogP contribution is -2.26. The van der Waals surface area contributed by atoms with Gasteiger partial charge in [-0.05, 0) is 77.3 Å². The fourth-order valence-electron chi connectivity index (χ4n) is 3.10. The fraction of sp³-hybridized carbons (Fsp3) is 0.231. The SMILES string of the molecule is CCCCOc1ccc(C(=O)Nc2ccc(C(=O)NC(C)c3ccccc3)cc2)cc1Br. The van der Waals surface area contributed by atoms with Crippen LogP contribution in [-0.2, 0) is 0 Å². The lowest BCUT2D eigenvalue weighted by atomic mass is 10.1. The third-order valence-electron chi connectivity index (χ3n) is 5.00. The molecule has 2 amide bonds. The van der Waals surface area contributed by atoms with Gasteiger partial charge in [-0.15, -0.1) is 0 Å². The van der Waals surface area contributed by atoms with E-state index in [-0.39, 0.29) is 17.9 Å². The maximum atomic E-state index is 12.6. The summed E-state index contributed by atoms with van der Waals surface area (Å²) in [6, 6.07) is 21.8. The van der Waals surface area contributed by atoms with Crippen LogP contribution in [0.3, 0.4) is 0 Å². The number of benzene rings is 3. The van der Waals surface area contributed by atoms with Crippen LogP contribution < -0.4 is 15.4 Å². The Kier molecular flexibility index (Phi) is 8.45. The highest BCUT2D eigenvalue weighted by Gasteiger charge is 2.13. The van der Waals surface area contributed by atoms with Crippen molar-refractivity contribution in [3.63, 3.8) is 0 Å². The molecule has 0 saturated heterocycles. The van der Waals surface area contributed by atoms with Gasteiger partial charge in [-0.2, -0.15) is 0 Å². The Morgan fingerprint density at radius 1 is 0.938 bits per heavy atom. The summed E-state index contributed by atoms with van der Waals surface area (Å²) in [6.45, 7) is 4.70. The number of hydrogen-bond donors (Lipinski definition) is 2. The maximum Gasteiger partial charge on any atom is 0.255 e. The molecule has 3 aromatic carbocycles. The summed E-state index contributed by atoms with van der Waals surface area (Å²) in [7, 11) is 0. The molecule has 1 unspecified atom stereocenters. The van der Waals surface area contributed by atoms with Crippen LogP contribution >= 0.6 is 15.9 Å². The van der Waals surface area contributed by atoms with Gasteiger partial charge in [0.25, 0.3) is 11.8 Å². The third-order valence-corrected chi connectivity index (χ3v) is 5.62. The molecule has 5 nitrogen and oxygen atoms in total. The average molecular weight is 495 g/mol. The van der Waals surface area contributed by atoms with Crippen LogP contribution in [0.25, 0.3) is 0 Å². The molecule has 0 fully saturated rings. The van der Waals surface area contributed by atoms with Crippen molar-refractivity contribution in [3.8, 4) is 5.75 Å². The number of carbonyl (C=O) groups excluding carboxylic acids is 2. The van der Waals surface area contributed by atoms with Crippen LogP contribution in [0.5, 0.6) is 5.75 Å². The van der Waals surface area contributed by atoms with Crippen molar-refractivity contribution >= 4 is 33.4 Å². The molecule has 3 aromatic rings. The molecule has 0 radical (unpaired) electrons. The van der Waals surface area contributed by atoms with E-state index in [1.165, 1.54) is 0 Å². The number of anilines is 1. The van der Waals surface area contributed by atoms with Crippen molar-refractivity contribution in [1.29, 1.82) is 0 Å². The highest BCUT2D eigenvalue weighted by Crippen LogP contribution is 2.26. The number of unbranched alkanes of at least 4 members (excludes halogenated alkanes) is 1. The number of nitrogens with one attached hydrogen (secondary N) is 2. The molecular formula is C26H27BrN2O3. The van der Waals surface area contributed by atoms with Gasteiger partial charge in [0.1, 0.15) is 5.75 Å². The van der Waals surface area contributed by atoms with E-state index in [1.54, 1.807) is 42.5 Å². The van der Waals surface area contributed by atoms with Crippen LogP contribution in [0, 0.1) is 0 Å². The van der Waals surface area contributed by atoms with Gasteiger partial charge in [-0.1, -0.05) is 43.7 Å². The van der Waals surface area contributed by atoms with Gasteiger partial charge in [0.05, 0.1) is 17.1 Å². The van der Waals surface area contributed by atoms with E-state index in [4.69, 9.17) is 4.74 Å². The van der Waals surface area contributed by atoms with Crippen molar-refractivity contribution in [1.82, 2.24) is 5.32 Å². The van der Waals surface area contributed by atoms with Crippen molar-refractivity contribution in [3.05, 3.63) is 94.0 Å². The molecule has 6 heteroatoms. The molecule has 0 aromatic heterocycles. The average Bonchev–Trinajstić information content (AvgIpc) is 2.81. The maximum absolute atomic E-state index is 12.6. The fourth-order valence-corrected chi connectivity index (χ4v) is 3.59. The second-order valence-corrected chi connectivity index (χ2v) is 8.34. The Morgan fingerprint density at radius 2 is 1.62 bits per heavy atom. The molecule has 0 aliphatic rings. The molecular weight excluding hydrogens is 468 g/mol. The Bertz CT molecular complexity index is 1050. The second-order valence-electron chi connectivity index (χ2n) is 7.48. The molecule has 0 saturated carbocycles. The van der Waals surface area contributed by atoms with Crippen molar-refractivity contribution in [2.24, 2.45) is 0 Å². The Labute approximate surface area is 197 Å². The summed E-state index contributed by atoms with van der Waals surface area (Å²) >= 11 is 3.47. The van der Waals surface area contributed by atoms with Gasteiger partial charge >= 0.3 is 0 Å². The van der Waals surface area contributed by atoms with Gasteiger partial charge in [0.2, 0.25) is 0 Å². The summed E-state index contributed by atoms with van der Waals surface area (Å²) in [4.78, 5) is 25.1. The molecule has 1 atom stereocenters. The monoisotopic (exact) mass is 494 g/mol. The molecule has 0 aliphatic carbocycles. The van der Waals surface area contributed by atoms with Gasteiger partial charge in [0.15, 0.2) is 0 Å². The first kappa shape index (κ1) is 23.5. The van der Waals surface area contributed by atoms with Crippen molar-refractivity contribution < 1.29 is 14.3 Å². The Hall–Kier alpha value is -3.12. The summed E-state index contributed by atoms with van der Waals surface area (Å²) in [5, 5.41) is 5.84. The zero-order valence-electron chi connectivity index (χ0n) is 18.2. The van der Waals surface area contributed by atoms with Gasteiger partial charge in [-0.3, -0.25) is 9.59 Å². The van der Waals surface area contributed by atoms with E-state index >= 15 is 0 Å². The number of hydrogen-bond acceptors (Lipinski definition) is 3. The molecule has 32 heavy (non-hydrogen) atoms. The Morgan fingerprint density at radius 3 is 2.28 bits per heavy atom. The van der Waals surface area contributed by atoms with E-state index in [0.717, 1.165) is 28.6 Å². The lowest BCUT2D eigenvalue weighted by molar-refractivity contribution is 0.0939. The predicted molar refractivity (Wildman–Crippen MR) is 131 cm³/mol. The largest absolute Gasteiger partial charge is 0.492 e. The van der Waals surface area contributed by atoms with Crippen LogP contribution in [0.1, 0.15) is 59.0 Å². The minimum Gasteiger partial charge on any atom is -0.492 e. The first-order valence-corrected chi connectivity index (χ1v) is 11.5. The predicted octanol–water partition coefficient (Wildman–Crippen LogP) is 6.37. The minimum absolute atomic E-state index is 0.101. The Balaban J connectivity index is 1.58. The summed E-state index contributed by atoms with van der Waals surface area (Å²) in [5.74, 6) is 0.317. The quantitative estimate of drug-likeness (QED) is 0.339. The third kappa shape index (κ3) is 6.44. The topological polar surface area (TPSA) is 67.4 Å². The van der Waals surface area contributed by atoms with Crippen molar-refractivity contribution in [2.75, 3.05) is 11.9 Å². The second kappa shape index (κ2) is 11.5. The van der Waals surface area contributed by atoms with Crippen molar-refractivity contribution in [2.45, 2.75) is 32.7 Å². The molecule has 166 valence electrons. The molecule has 0 aliphatic heterocycles. The zero-order chi connectivity index (χ0) is 22.9. The summed E-state index contributed by atoms with van der Waals surface area (Å²) in [5.41, 5.74) is 2.69. The number of carbonyl (C=O) groups is 2. The lowest BCUT2D eigenvalue weighted by Gasteiger charge is -2.14. The number of rotatable bonds is 9. The van der Waals surface area contributed by atoms with E-state index in [1.807, 2.05) is 37.3 Å². The first-order chi connectivity index (χ1) is 15.5. The zero-order valence-corrected chi connectivity index (χ0v) is 19.8. The van der Waals surface area contributed by atoms with E-state index in [2.05, 4.69) is 33.5 Å². The van der Waals surface area contributed by atoms with E-state index < -0.39 is 0 Å². The molecule has 3 rings (SSSR count). The molecule has 0 spiro atoms. The molecule has 2 N–H and O–H groups in total. The highest BCUT2D eigenvalue weighted by atomic mass is 79.9. The van der Waals surface area contributed by atoms with E-state index in [9.17, 15) is 9.59 Å². The van der Waals surface area contributed by atoms with Crippen LogP contribution in [0.2, 0.25) is 0 Å². The van der Waals surface area contributed by atoms with Gasteiger partial charge in [-0.25, -0.2) is 0 Å².